The van der Waals surface area contributed by atoms with Crippen LogP contribution in [0.5, 0.6) is 5.75 Å². The highest BCUT2D eigenvalue weighted by Gasteiger charge is 2.28. The lowest BCUT2D eigenvalue weighted by Gasteiger charge is -2.11. The minimum absolute atomic E-state index is 0.231. The van der Waals surface area contributed by atoms with Gasteiger partial charge in [-0.2, -0.15) is 0 Å². The highest BCUT2D eigenvalue weighted by molar-refractivity contribution is 7.32. The number of esters is 1. The summed E-state index contributed by atoms with van der Waals surface area (Å²) in [4.78, 5) is 19.1. The second-order valence-corrected chi connectivity index (χ2v) is 5.36. The van der Waals surface area contributed by atoms with E-state index in [2.05, 4.69) is 4.52 Å². The average molecular weight is 318 g/mol. The molecule has 0 saturated carbocycles. The van der Waals surface area contributed by atoms with Gasteiger partial charge < -0.3 is 15.6 Å². The van der Waals surface area contributed by atoms with Crippen molar-refractivity contribution in [1.82, 2.24) is 0 Å². The van der Waals surface area contributed by atoms with Gasteiger partial charge >= 0.3 is 14.2 Å². The lowest BCUT2D eigenvalue weighted by atomic mass is 10.1. The van der Waals surface area contributed by atoms with Gasteiger partial charge in [-0.25, -0.2) is 4.79 Å². The summed E-state index contributed by atoms with van der Waals surface area (Å²) in [5.74, 6) is -0.190. The zero-order valence-electron chi connectivity index (χ0n) is 12.2. The Kier molecular flexibility index (Phi) is 8.92. The smallest absolute Gasteiger partial charge is 0.425 e. The van der Waals surface area contributed by atoms with E-state index in [1.54, 1.807) is 38.1 Å². The summed E-state index contributed by atoms with van der Waals surface area (Å²) in [6, 6.07) is 8.63. The molecule has 2 atom stereocenters. The Labute approximate surface area is 124 Å². The Bertz CT molecular complexity index is 449. The van der Waals surface area contributed by atoms with Crippen LogP contribution in [0, 0.1) is 0 Å². The molecule has 0 aromatic heterocycles. The maximum atomic E-state index is 10.8. The van der Waals surface area contributed by atoms with Crippen molar-refractivity contribution in [2.24, 2.45) is 5.73 Å². The summed E-state index contributed by atoms with van der Waals surface area (Å²) in [6.07, 6.45) is -1.08. The van der Waals surface area contributed by atoms with Gasteiger partial charge in [-0.15, -0.1) is 9.42 Å². The number of aliphatic hydroxyl groups is 1. The number of hydrogen-bond acceptors (Lipinski definition) is 6. The maximum Gasteiger partial charge on any atom is 0.695 e. The summed E-state index contributed by atoms with van der Waals surface area (Å²) < 4.78 is 19.4. The lowest BCUT2D eigenvalue weighted by Crippen LogP contribution is -2.31. The maximum absolute atomic E-state index is 10.8. The van der Waals surface area contributed by atoms with Crippen LogP contribution < -0.4 is 10.5 Å². The van der Waals surface area contributed by atoms with Crippen LogP contribution in [0.4, 0.5) is 0 Å². The Morgan fingerprint density at radius 3 is 2.24 bits per heavy atom. The number of rotatable bonds is 5. The summed E-state index contributed by atoms with van der Waals surface area (Å²) in [7, 11) is -2.52. The van der Waals surface area contributed by atoms with E-state index in [4.69, 9.17) is 20.5 Å². The molecule has 21 heavy (non-hydrogen) atoms. The summed E-state index contributed by atoms with van der Waals surface area (Å²) >= 11 is 0. The Morgan fingerprint density at radius 2 is 1.90 bits per heavy atom. The number of para-hydroxylation sites is 1. The van der Waals surface area contributed by atoms with Gasteiger partial charge in [0.2, 0.25) is 0 Å². The molecule has 7 nitrogen and oxygen atoms in total. The molecule has 4 N–H and O–H groups in total. The molecule has 0 aliphatic carbocycles. The molecule has 0 saturated heterocycles. The molecule has 0 bridgehead atoms. The van der Waals surface area contributed by atoms with Gasteiger partial charge in [0.15, 0.2) is 0 Å². The standard InChI is InChI=1S/C9H10O3.C4H10NO3P/c1-7(10)9(11)12-8-5-3-2-4-6-8;1-4(2,3-5)8-9(6)7/h2-7,10H,1H3;3,5H2,1-2H3/p+1. The monoisotopic (exact) mass is 318 g/mol. The van der Waals surface area contributed by atoms with Crippen molar-refractivity contribution >= 4 is 14.2 Å². The normalized spacial score (nSPS) is 12.8. The average Bonchev–Trinajstić information content (AvgIpc) is 2.39. The zero-order chi connectivity index (χ0) is 16.5. The first kappa shape index (κ1) is 19.6. The summed E-state index contributed by atoms with van der Waals surface area (Å²) in [6.45, 7) is 4.90. The van der Waals surface area contributed by atoms with Crippen LogP contribution in [0.25, 0.3) is 0 Å². The molecule has 0 heterocycles. The van der Waals surface area contributed by atoms with Crippen molar-refractivity contribution < 1.29 is 28.6 Å². The van der Waals surface area contributed by atoms with E-state index in [0.29, 0.717) is 5.75 Å². The van der Waals surface area contributed by atoms with Gasteiger partial charge in [-0.05, 0) is 32.9 Å². The summed E-state index contributed by atoms with van der Waals surface area (Å²) in [5.41, 5.74) is 4.50. The molecule has 2 unspecified atom stereocenters. The van der Waals surface area contributed by atoms with E-state index in [-0.39, 0.29) is 6.54 Å². The van der Waals surface area contributed by atoms with Crippen molar-refractivity contribution in [2.75, 3.05) is 6.54 Å². The number of carbonyl (C=O) groups is 1. The molecule has 0 fully saturated rings. The van der Waals surface area contributed by atoms with Gasteiger partial charge in [-0.1, -0.05) is 18.2 Å². The SMILES string of the molecule is CC(C)(CN)O[P+](=O)O.CC(O)C(=O)Oc1ccccc1. The first-order chi connectivity index (χ1) is 9.68. The quantitative estimate of drug-likeness (QED) is 0.426. The third-order valence-corrected chi connectivity index (χ3v) is 2.77. The number of ether oxygens (including phenoxy) is 1. The van der Waals surface area contributed by atoms with E-state index >= 15 is 0 Å². The van der Waals surface area contributed by atoms with E-state index in [0.717, 1.165) is 0 Å². The molecular formula is C13H21NO6P+. The van der Waals surface area contributed by atoms with E-state index < -0.39 is 25.9 Å². The van der Waals surface area contributed by atoms with Crippen LogP contribution in [0.3, 0.4) is 0 Å². The van der Waals surface area contributed by atoms with Crippen LogP contribution in [-0.2, 0) is 13.9 Å². The molecule has 0 radical (unpaired) electrons. The molecule has 1 aromatic rings. The largest absolute Gasteiger partial charge is 0.695 e. The first-order valence-electron chi connectivity index (χ1n) is 6.18. The van der Waals surface area contributed by atoms with E-state index in [9.17, 15) is 9.36 Å². The van der Waals surface area contributed by atoms with Crippen molar-refractivity contribution in [3.63, 3.8) is 0 Å². The minimum atomic E-state index is -2.52. The van der Waals surface area contributed by atoms with Crippen LogP contribution in [0.2, 0.25) is 0 Å². The van der Waals surface area contributed by atoms with E-state index in [1.807, 2.05) is 6.07 Å². The Morgan fingerprint density at radius 1 is 1.38 bits per heavy atom. The molecule has 0 spiro atoms. The zero-order valence-corrected chi connectivity index (χ0v) is 13.1. The molecule has 0 amide bonds. The number of aliphatic hydroxyl groups excluding tert-OH is 1. The van der Waals surface area contributed by atoms with Crippen LogP contribution in [0.1, 0.15) is 20.8 Å². The van der Waals surface area contributed by atoms with Gasteiger partial charge in [0.05, 0.1) is 0 Å². The van der Waals surface area contributed by atoms with Crippen LogP contribution in [0.15, 0.2) is 30.3 Å². The van der Waals surface area contributed by atoms with Gasteiger partial charge in [-0.3, -0.25) is 0 Å². The van der Waals surface area contributed by atoms with Crippen LogP contribution >= 0.6 is 8.25 Å². The Hall–Kier alpha value is -1.37. The predicted molar refractivity (Wildman–Crippen MR) is 77.8 cm³/mol. The number of benzene rings is 1. The van der Waals surface area contributed by atoms with Gasteiger partial charge in [0.25, 0.3) is 0 Å². The first-order valence-corrected chi connectivity index (χ1v) is 7.31. The fourth-order valence-electron chi connectivity index (χ4n) is 0.939. The van der Waals surface area contributed by atoms with Gasteiger partial charge in [0, 0.05) is 11.1 Å². The van der Waals surface area contributed by atoms with Crippen molar-refractivity contribution in [3.8, 4) is 5.75 Å². The lowest BCUT2D eigenvalue weighted by molar-refractivity contribution is -0.142. The fraction of sp³-hybridized carbons (Fsp3) is 0.462. The number of carbonyl (C=O) groups excluding carboxylic acids is 1. The molecule has 0 aliphatic rings. The third-order valence-electron chi connectivity index (χ3n) is 2.12. The topological polar surface area (TPSA) is 119 Å². The number of nitrogens with two attached hydrogens (primary N) is 1. The third kappa shape index (κ3) is 10.1. The fourth-order valence-corrected chi connectivity index (χ4v) is 1.44. The molecule has 0 aliphatic heterocycles. The van der Waals surface area contributed by atoms with Crippen molar-refractivity contribution in [2.45, 2.75) is 32.5 Å². The molecule has 8 heteroatoms. The predicted octanol–water partition coefficient (Wildman–Crippen LogP) is 1.36. The molecular weight excluding hydrogens is 297 g/mol. The number of hydrogen-bond donors (Lipinski definition) is 3. The molecule has 118 valence electrons. The minimum Gasteiger partial charge on any atom is -0.425 e. The van der Waals surface area contributed by atoms with Crippen molar-refractivity contribution in [1.29, 1.82) is 0 Å². The summed E-state index contributed by atoms with van der Waals surface area (Å²) in [5, 5.41) is 8.81. The Balaban J connectivity index is 0.000000400. The van der Waals surface area contributed by atoms with Crippen LogP contribution in [-0.4, -0.2) is 34.2 Å². The second kappa shape index (κ2) is 9.55. The van der Waals surface area contributed by atoms with E-state index in [1.165, 1.54) is 6.92 Å². The molecule has 1 rings (SSSR count). The van der Waals surface area contributed by atoms with Crippen molar-refractivity contribution in [3.05, 3.63) is 30.3 Å². The second-order valence-electron chi connectivity index (χ2n) is 4.70. The molecule has 1 aromatic carbocycles. The van der Waals surface area contributed by atoms with Gasteiger partial charge in [0.1, 0.15) is 17.5 Å². The highest BCUT2D eigenvalue weighted by atomic mass is 31.1. The highest BCUT2D eigenvalue weighted by Crippen LogP contribution is 2.24.